The van der Waals surface area contributed by atoms with Crippen molar-refractivity contribution in [1.82, 2.24) is 10.1 Å². The van der Waals surface area contributed by atoms with Gasteiger partial charge in [0, 0.05) is 18.7 Å². The summed E-state index contributed by atoms with van der Waals surface area (Å²) < 4.78 is 5.30. The molecule has 0 amide bonds. The van der Waals surface area contributed by atoms with E-state index in [1.54, 1.807) is 19.1 Å². The zero-order chi connectivity index (χ0) is 16.4. The van der Waals surface area contributed by atoms with E-state index in [2.05, 4.69) is 21.1 Å². The second-order valence-electron chi connectivity index (χ2n) is 5.86. The predicted octanol–water partition coefficient (Wildman–Crippen LogP) is 2.84. The maximum Gasteiger partial charge on any atom is 0.231 e. The third-order valence-electron chi connectivity index (χ3n) is 4.18. The van der Waals surface area contributed by atoms with E-state index in [0.29, 0.717) is 29.4 Å². The minimum Gasteiger partial charge on any atom is -0.370 e. The van der Waals surface area contributed by atoms with Gasteiger partial charge in [-0.05, 0) is 44.9 Å². The van der Waals surface area contributed by atoms with E-state index in [4.69, 9.17) is 4.52 Å². The summed E-state index contributed by atoms with van der Waals surface area (Å²) >= 11 is 0. The summed E-state index contributed by atoms with van der Waals surface area (Å²) in [6.45, 7) is 4.89. The quantitative estimate of drug-likeness (QED) is 0.811. The number of hydrogen-bond donors (Lipinski definition) is 0. The lowest BCUT2D eigenvalue weighted by Crippen LogP contribution is -2.35. The topological polar surface area (TPSA) is 83.0 Å². The molecule has 0 radical (unpaired) electrons. The van der Waals surface area contributed by atoms with E-state index in [-0.39, 0.29) is 11.7 Å². The van der Waals surface area contributed by atoms with Crippen molar-refractivity contribution in [2.75, 3.05) is 18.0 Å². The average molecular weight is 310 g/mol. The minimum absolute atomic E-state index is 0.00294. The second-order valence-corrected chi connectivity index (χ2v) is 5.86. The van der Waals surface area contributed by atoms with E-state index in [0.717, 1.165) is 25.1 Å². The molecule has 1 saturated heterocycles. The van der Waals surface area contributed by atoms with Gasteiger partial charge in [-0.2, -0.15) is 10.2 Å². The average Bonchev–Trinajstić information content (AvgIpc) is 3.01. The summed E-state index contributed by atoms with van der Waals surface area (Å²) in [7, 11) is 0. The van der Waals surface area contributed by atoms with Gasteiger partial charge in [0.25, 0.3) is 0 Å². The molecule has 0 spiro atoms. The Bertz CT molecular complexity index is 775. The number of aryl methyl sites for hydroxylation is 1. The number of anilines is 1. The molecule has 0 saturated carbocycles. The summed E-state index contributed by atoms with van der Waals surface area (Å²) in [5.41, 5.74) is 2.01. The maximum atomic E-state index is 11.6. The molecule has 2 aromatic rings. The number of aromatic nitrogens is 2. The van der Waals surface area contributed by atoms with Gasteiger partial charge < -0.3 is 9.42 Å². The molecule has 1 aromatic carbocycles. The molecule has 1 fully saturated rings. The Kier molecular flexibility index (Phi) is 4.11. The molecule has 2 heterocycles. The lowest BCUT2D eigenvalue weighted by molar-refractivity contribution is 0.101. The molecular weight excluding hydrogens is 292 g/mol. The second kappa shape index (κ2) is 6.21. The standard InChI is InChI=1S/C17H18N4O2/c1-11(22)13-5-6-14(9-18)16(8-13)21-7-3-4-15(10-21)17-19-12(2)20-23-17/h5-6,8,15H,3-4,7,10H2,1-2H3/t15-/m0/s1. The van der Waals surface area contributed by atoms with Gasteiger partial charge in [0.05, 0.1) is 17.2 Å². The Labute approximate surface area is 134 Å². The van der Waals surface area contributed by atoms with Gasteiger partial charge in [0.1, 0.15) is 6.07 Å². The zero-order valence-electron chi connectivity index (χ0n) is 13.2. The van der Waals surface area contributed by atoms with E-state index >= 15 is 0 Å². The Hall–Kier alpha value is -2.68. The van der Waals surface area contributed by atoms with Gasteiger partial charge in [-0.3, -0.25) is 4.79 Å². The van der Waals surface area contributed by atoms with Gasteiger partial charge in [0.2, 0.25) is 5.89 Å². The van der Waals surface area contributed by atoms with Crippen molar-refractivity contribution in [3.05, 3.63) is 41.0 Å². The first kappa shape index (κ1) is 15.2. The molecule has 1 aliphatic rings. The van der Waals surface area contributed by atoms with Crippen LogP contribution in [0.2, 0.25) is 0 Å². The number of ketones is 1. The van der Waals surface area contributed by atoms with Gasteiger partial charge in [-0.15, -0.1) is 0 Å². The normalized spacial score (nSPS) is 17.8. The van der Waals surface area contributed by atoms with E-state index in [1.165, 1.54) is 6.92 Å². The molecule has 0 N–H and O–H groups in total. The highest BCUT2D eigenvalue weighted by atomic mass is 16.5. The molecule has 23 heavy (non-hydrogen) atoms. The number of carbonyl (C=O) groups is 1. The molecule has 118 valence electrons. The van der Waals surface area contributed by atoms with Crippen LogP contribution < -0.4 is 4.90 Å². The molecule has 1 aliphatic heterocycles. The molecule has 0 aliphatic carbocycles. The van der Waals surface area contributed by atoms with Crippen LogP contribution in [0.5, 0.6) is 0 Å². The Morgan fingerprint density at radius 3 is 2.96 bits per heavy atom. The lowest BCUT2D eigenvalue weighted by atomic mass is 9.96. The van der Waals surface area contributed by atoms with Crippen molar-refractivity contribution >= 4 is 11.5 Å². The summed E-state index contributed by atoms with van der Waals surface area (Å²) in [6.07, 6.45) is 1.95. The Morgan fingerprint density at radius 1 is 1.48 bits per heavy atom. The van der Waals surface area contributed by atoms with Crippen molar-refractivity contribution in [2.45, 2.75) is 32.6 Å². The van der Waals surface area contributed by atoms with E-state index in [9.17, 15) is 10.1 Å². The largest absolute Gasteiger partial charge is 0.370 e. The third-order valence-corrected chi connectivity index (χ3v) is 4.18. The minimum atomic E-state index is -0.00294. The lowest BCUT2D eigenvalue weighted by Gasteiger charge is -2.33. The first-order valence-corrected chi connectivity index (χ1v) is 7.68. The highest BCUT2D eigenvalue weighted by molar-refractivity contribution is 5.95. The number of nitrogens with zero attached hydrogens (tertiary/aromatic N) is 4. The van der Waals surface area contributed by atoms with Crippen molar-refractivity contribution in [1.29, 1.82) is 5.26 Å². The van der Waals surface area contributed by atoms with Gasteiger partial charge >= 0.3 is 0 Å². The molecule has 0 unspecified atom stereocenters. The predicted molar refractivity (Wildman–Crippen MR) is 84.4 cm³/mol. The van der Waals surface area contributed by atoms with Crippen LogP contribution in [0.1, 0.15) is 53.3 Å². The fourth-order valence-electron chi connectivity index (χ4n) is 2.98. The number of carbonyl (C=O) groups excluding carboxylic acids is 1. The highest BCUT2D eigenvalue weighted by Crippen LogP contribution is 2.31. The summed E-state index contributed by atoms with van der Waals surface area (Å²) in [6, 6.07) is 7.44. The summed E-state index contributed by atoms with van der Waals surface area (Å²) in [5, 5.41) is 13.2. The van der Waals surface area contributed by atoms with Crippen molar-refractivity contribution < 1.29 is 9.32 Å². The molecule has 1 atom stereocenters. The SMILES string of the molecule is CC(=O)c1ccc(C#N)c(N2CCC[C@H](c3nc(C)no3)C2)c1. The van der Waals surface area contributed by atoms with Crippen LogP contribution in [0.15, 0.2) is 22.7 Å². The number of hydrogen-bond acceptors (Lipinski definition) is 6. The number of benzene rings is 1. The molecule has 1 aromatic heterocycles. The number of rotatable bonds is 3. The van der Waals surface area contributed by atoms with Gasteiger partial charge in [-0.25, -0.2) is 0 Å². The maximum absolute atomic E-state index is 11.6. The summed E-state index contributed by atoms with van der Waals surface area (Å²) in [5.74, 6) is 1.43. The fourth-order valence-corrected chi connectivity index (χ4v) is 2.98. The fraction of sp³-hybridized carbons (Fsp3) is 0.412. The monoisotopic (exact) mass is 310 g/mol. The van der Waals surface area contributed by atoms with Crippen molar-refractivity contribution in [3.63, 3.8) is 0 Å². The first-order valence-electron chi connectivity index (χ1n) is 7.68. The van der Waals surface area contributed by atoms with Crippen LogP contribution in [0.4, 0.5) is 5.69 Å². The molecule has 6 nitrogen and oxygen atoms in total. The van der Waals surface area contributed by atoms with E-state index < -0.39 is 0 Å². The smallest absolute Gasteiger partial charge is 0.231 e. The van der Waals surface area contributed by atoms with Crippen molar-refractivity contribution in [3.8, 4) is 6.07 Å². The zero-order valence-corrected chi connectivity index (χ0v) is 13.2. The number of nitriles is 1. The first-order chi connectivity index (χ1) is 11.1. The number of Topliss-reactive ketones (excluding diaryl/α,β-unsaturated/α-hetero) is 1. The van der Waals surface area contributed by atoms with Gasteiger partial charge in [-0.1, -0.05) is 5.16 Å². The Morgan fingerprint density at radius 2 is 2.30 bits per heavy atom. The van der Waals surface area contributed by atoms with Crippen LogP contribution in [0.25, 0.3) is 0 Å². The molecular formula is C17H18N4O2. The molecule has 3 rings (SSSR count). The molecule has 0 bridgehead atoms. The van der Waals surface area contributed by atoms with Gasteiger partial charge in [0.15, 0.2) is 11.6 Å². The third kappa shape index (κ3) is 3.09. The van der Waals surface area contributed by atoms with Crippen LogP contribution in [0, 0.1) is 18.3 Å². The highest BCUT2D eigenvalue weighted by Gasteiger charge is 2.27. The van der Waals surface area contributed by atoms with E-state index in [1.807, 2.05) is 6.07 Å². The van der Waals surface area contributed by atoms with Crippen molar-refractivity contribution in [2.24, 2.45) is 0 Å². The van der Waals surface area contributed by atoms with Crippen LogP contribution in [-0.4, -0.2) is 29.0 Å². The van der Waals surface area contributed by atoms with Crippen LogP contribution >= 0.6 is 0 Å². The Balaban J connectivity index is 1.90. The van der Waals surface area contributed by atoms with Crippen LogP contribution in [0.3, 0.4) is 0 Å². The van der Waals surface area contributed by atoms with Crippen LogP contribution in [-0.2, 0) is 0 Å². The summed E-state index contributed by atoms with van der Waals surface area (Å²) in [4.78, 5) is 18.1. The number of piperidine rings is 1. The molecule has 6 heteroatoms.